The average molecular weight is 368 g/mol. The first-order valence-electron chi connectivity index (χ1n) is 7.20. The molecule has 2 aromatic rings. The van der Waals surface area contributed by atoms with Crippen molar-refractivity contribution in [2.24, 2.45) is 15.7 Å². The van der Waals surface area contributed by atoms with Gasteiger partial charge in [-0.25, -0.2) is 15.0 Å². The molecule has 0 radical (unpaired) electrons. The van der Waals surface area contributed by atoms with Crippen molar-refractivity contribution in [3.63, 3.8) is 0 Å². The molecule has 0 saturated heterocycles. The minimum absolute atomic E-state index is 0.195. The summed E-state index contributed by atoms with van der Waals surface area (Å²) < 4.78 is 0. The second-order valence-electron chi connectivity index (χ2n) is 5.35. The van der Waals surface area contributed by atoms with Crippen LogP contribution in [0.15, 0.2) is 22.2 Å². The van der Waals surface area contributed by atoms with Crippen LogP contribution in [0.4, 0.5) is 0 Å². The van der Waals surface area contributed by atoms with Crippen molar-refractivity contribution in [3.05, 3.63) is 28.7 Å². The number of H-pyrrole nitrogens is 1. The first-order chi connectivity index (χ1) is 10.9. The number of pyridine rings is 1. The number of nitrogens with one attached hydrogen (secondary N) is 1. The number of rotatable bonds is 3. The van der Waals surface area contributed by atoms with Crippen molar-refractivity contribution < 1.29 is 0 Å². The average Bonchev–Trinajstić information content (AvgIpc) is 2.95. The number of fused-ring (bicyclic) bond motifs is 1. The van der Waals surface area contributed by atoms with Gasteiger partial charge in [-0.2, -0.15) is 0 Å². The molecule has 2 unspecified atom stereocenters. The molecule has 120 valence electrons. The lowest BCUT2D eigenvalue weighted by atomic mass is 10.0. The Balaban J connectivity index is 2.06. The van der Waals surface area contributed by atoms with Crippen LogP contribution >= 0.6 is 35.4 Å². The Morgan fingerprint density at radius 1 is 1.43 bits per heavy atom. The van der Waals surface area contributed by atoms with E-state index >= 15 is 0 Å². The maximum atomic E-state index is 6.31. The standard InChI is InChI=1S/C15H15Cl2N5S/c1-3-7-5-19-10-8(7)4-9(20-12(10)16)6(2)15-21-13(17)11(23)14(18)22-15/h4-6,14,19H,3,18H2,1-2H3. The van der Waals surface area contributed by atoms with Crippen molar-refractivity contribution in [3.8, 4) is 0 Å². The second-order valence-corrected chi connectivity index (χ2v) is 6.50. The Labute approximate surface area is 149 Å². The molecule has 8 heteroatoms. The normalized spacial score (nSPS) is 19.7. The summed E-state index contributed by atoms with van der Waals surface area (Å²) >= 11 is 17.4. The van der Waals surface area contributed by atoms with Crippen LogP contribution in [-0.4, -0.2) is 32.0 Å². The number of aliphatic imine (C=N–C) groups is 2. The monoisotopic (exact) mass is 367 g/mol. The number of hydrogen-bond acceptors (Lipinski definition) is 5. The van der Waals surface area contributed by atoms with Gasteiger partial charge in [0.15, 0.2) is 5.15 Å². The van der Waals surface area contributed by atoms with Gasteiger partial charge >= 0.3 is 0 Å². The summed E-state index contributed by atoms with van der Waals surface area (Å²) in [5, 5.41) is 1.70. The molecular weight excluding hydrogens is 353 g/mol. The van der Waals surface area contributed by atoms with Crippen molar-refractivity contribution in [1.29, 1.82) is 0 Å². The third kappa shape index (κ3) is 2.92. The topological polar surface area (TPSA) is 79.4 Å². The zero-order valence-electron chi connectivity index (χ0n) is 12.6. The molecule has 2 aromatic heterocycles. The molecule has 2 atom stereocenters. The minimum atomic E-state index is -0.648. The number of nitrogens with two attached hydrogens (primary N) is 1. The van der Waals surface area contributed by atoms with E-state index in [1.54, 1.807) is 0 Å². The zero-order chi connectivity index (χ0) is 16.7. The minimum Gasteiger partial charge on any atom is -0.358 e. The van der Waals surface area contributed by atoms with E-state index in [2.05, 4.69) is 26.9 Å². The van der Waals surface area contributed by atoms with E-state index in [9.17, 15) is 0 Å². The lowest BCUT2D eigenvalue weighted by Crippen LogP contribution is -2.36. The molecule has 23 heavy (non-hydrogen) atoms. The molecular formula is C15H15Cl2N5S. The lowest BCUT2D eigenvalue weighted by Gasteiger charge is -2.19. The molecule has 0 bridgehead atoms. The lowest BCUT2D eigenvalue weighted by molar-refractivity contribution is 0.878. The molecule has 0 aromatic carbocycles. The third-order valence-corrected chi connectivity index (χ3v) is 5.01. The predicted octanol–water partition coefficient (Wildman–Crippen LogP) is 3.59. The molecule has 0 spiro atoms. The van der Waals surface area contributed by atoms with Gasteiger partial charge in [0.1, 0.15) is 17.2 Å². The highest BCUT2D eigenvalue weighted by molar-refractivity contribution is 7.82. The summed E-state index contributed by atoms with van der Waals surface area (Å²) in [5.74, 6) is 0.312. The first-order valence-corrected chi connectivity index (χ1v) is 8.36. The summed E-state index contributed by atoms with van der Waals surface area (Å²) in [6.07, 6.45) is 2.21. The summed E-state index contributed by atoms with van der Waals surface area (Å²) in [5.41, 5.74) is 8.67. The van der Waals surface area contributed by atoms with Gasteiger partial charge in [0.05, 0.1) is 22.0 Å². The number of hydrogen-bond donors (Lipinski definition) is 2. The van der Waals surface area contributed by atoms with Crippen LogP contribution in [0, 0.1) is 0 Å². The summed E-state index contributed by atoms with van der Waals surface area (Å²) in [6, 6.07) is 2.01. The van der Waals surface area contributed by atoms with Crippen molar-refractivity contribution in [2.75, 3.05) is 0 Å². The molecule has 5 nitrogen and oxygen atoms in total. The van der Waals surface area contributed by atoms with Gasteiger partial charge in [0, 0.05) is 11.6 Å². The molecule has 0 amide bonds. The molecule has 1 aliphatic heterocycles. The number of aromatic nitrogens is 2. The van der Waals surface area contributed by atoms with E-state index in [0.717, 1.165) is 23.0 Å². The highest BCUT2D eigenvalue weighted by Gasteiger charge is 2.25. The van der Waals surface area contributed by atoms with Crippen LogP contribution < -0.4 is 5.73 Å². The van der Waals surface area contributed by atoms with E-state index in [-0.39, 0.29) is 11.1 Å². The van der Waals surface area contributed by atoms with Crippen LogP contribution in [0.5, 0.6) is 0 Å². The maximum absolute atomic E-state index is 6.31. The van der Waals surface area contributed by atoms with Gasteiger partial charge in [-0.15, -0.1) is 0 Å². The number of thiocarbonyl (C=S) groups is 1. The SMILES string of the molecule is CCc1c[nH]c2c(Cl)nc(C(C)C3=NC(N)C(=S)C(Cl)=N3)cc12. The van der Waals surface area contributed by atoms with Crippen LogP contribution in [0.3, 0.4) is 0 Å². The van der Waals surface area contributed by atoms with E-state index in [0.29, 0.717) is 15.9 Å². The fourth-order valence-electron chi connectivity index (χ4n) is 2.52. The van der Waals surface area contributed by atoms with Crippen LogP contribution in [0.25, 0.3) is 10.9 Å². The number of amidine groups is 1. The highest BCUT2D eigenvalue weighted by atomic mass is 35.5. The number of aromatic amines is 1. The molecule has 0 aliphatic carbocycles. The smallest absolute Gasteiger partial charge is 0.153 e. The van der Waals surface area contributed by atoms with Crippen LogP contribution in [-0.2, 0) is 6.42 Å². The van der Waals surface area contributed by atoms with E-state index < -0.39 is 6.17 Å². The Morgan fingerprint density at radius 2 is 2.17 bits per heavy atom. The van der Waals surface area contributed by atoms with Crippen molar-refractivity contribution >= 4 is 62.2 Å². The van der Waals surface area contributed by atoms with E-state index in [1.165, 1.54) is 5.56 Å². The second kappa shape index (κ2) is 6.28. The molecule has 3 rings (SSSR count). The molecule has 3 heterocycles. The fourth-order valence-corrected chi connectivity index (χ4v) is 3.07. The number of aryl methyl sites for hydroxylation is 1. The largest absolute Gasteiger partial charge is 0.358 e. The predicted molar refractivity (Wildman–Crippen MR) is 100 cm³/mol. The number of nitrogens with zero attached hydrogens (tertiary/aromatic N) is 3. The number of halogens is 2. The van der Waals surface area contributed by atoms with Crippen LogP contribution in [0.2, 0.25) is 5.15 Å². The highest BCUT2D eigenvalue weighted by Crippen LogP contribution is 2.29. The fraction of sp³-hybridized carbons (Fsp3) is 0.333. The van der Waals surface area contributed by atoms with Gasteiger partial charge in [-0.3, -0.25) is 0 Å². The molecule has 1 aliphatic rings. The zero-order valence-corrected chi connectivity index (χ0v) is 14.9. The third-order valence-electron chi connectivity index (χ3n) is 3.90. The van der Waals surface area contributed by atoms with Gasteiger partial charge in [-0.1, -0.05) is 42.3 Å². The molecule has 0 fully saturated rings. The van der Waals surface area contributed by atoms with Gasteiger partial charge in [0.2, 0.25) is 0 Å². The maximum Gasteiger partial charge on any atom is 0.153 e. The van der Waals surface area contributed by atoms with Crippen molar-refractivity contribution in [1.82, 2.24) is 9.97 Å². The Bertz CT molecular complexity index is 855. The van der Waals surface area contributed by atoms with Crippen LogP contribution in [0.1, 0.15) is 31.0 Å². The Morgan fingerprint density at radius 3 is 2.83 bits per heavy atom. The van der Waals surface area contributed by atoms with E-state index in [4.69, 9.17) is 41.2 Å². The van der Waals surface area contributed by atoms with Gasteiger partial charge in [-0.05, 0) is 25.0 Å². The van der Waals surface area contributed by atoms with Gasteiger partial charge < -0.3 is 10.7 Å². The quantitative estimate of drug-likeness (QED) is 0.642. The van der Waals surface area contributed by atoms with Gasteiger partial charge in [0.25, 0.3) is 0 Å². The summed E-state index contributed by atoms with van der Waals surface area (Å²) in [4.78, 5) is 16.5. The molecule has 0 saturated carbocycles. The Hall–Kier alpha value is -1.34. The summed E-state index contributed by atoms with van der Waals surface area (Å²) in [6.45, 7) is 4.03. The molecule has 3 N–H and O–H groups in total. The van der Waals surface area contributed by atoms with Crippen molar-refractivity contribution in [2.45, 2.75) is 32.4 Å². The van der Waals surface area contributed by atoms with E-state index in [1.807, 2.05) is 19.2 Å². The summed E-state index contributed by atoms with van der Waals surface area (Å²) in [7, 11) is 0. The first kappa shape index (κ1) is 16.5. The Kier molecular flexibility index (Phi) is 4.51.